The van der Waals surface area contributed by atoms with Crippen LogP contribution in [0.5, 0.6) is 0 Å². The molecule has 3 nitrogen and oxygen atoms in total. The second-order valence-corrected chi connectivity index (χ2v) is 5.74. The highest BCUT2D eigenvalue weighted by molar-refractivity contribution is 9.10. The van der Waals surface area contributed by atoms with Crippen molar-refractivity contribution in [2.75, 3.05) is 19.6 Å². The molecule has 0 aromatic heterocycles. The Morgan fingerprint density at radius 3 is 2.72 bits per heavy atom. The lowest BCUT2D eigenvalue weighted by Crippen LogP contribution is -2.40. The number of amides is 1. The highest BCUT2D eigenvalue weighted by Gasteiger charge is 2.23. The number of piperidine rings is 1. The number of hydrogen-bond donors (Lipinski definition) is 1. The molecular weight excluding hydrogens is 292 g/mol. The molecule has 2 rings (SSSR count). The summed E-state index contributed by atoms with van der Waals surface area (Å²) in [5.41, 5.74) is 7.49. The van der Waals surface area contributed by atoms with E-state index in [-0.39, 0.29) is 5.91 Å². The second-order valence-electron chi connectivity index (χ2n) is 4.88. The first-order valence-corrected chi connectivity index (χ1v) is 7.17. The van der Waals surface area contributed by atoms with E-state index in [1.807, 2.05) is 30.0 Å². The molecule has 0 aliphatic carbocycles. The Balaban J connectivity index is 2.10. The van der Waals surface area contributed by atoms with Crippen molar-refractivity contribution in [3.8, 4) is 0 Å². The topological polar surface area (TPSA) is 46.3 Å². The number of nitrogens with two attached hydrogens (primary N) is 1. The van der Waals surface area contributed by atoms with Crippen LogP contribution in [0.4, 0.5) is 0 Å². The van der Waals surface area contributed by atoms with Gasteiger partial charge in [0, 0.05) is 23.1 Å². The van der Waals surface area contributed by atoms with Crippen LogP contribution in [0.25, 0.3) is 0 Å². The summed E-state index contributed by atoms with van der Waals surface area (Å²) in [6, 6.07) is 5.78. The molecule has 1 saturated heterocycles. The number of carbonyl (C=O) groups excluding carboxylic acids is 1. The maximum Gasteiger partial charge on any atom is 0.254 e. The van der Waals surface area contributed by atoms with Crippen molar-refractivity contribution in [2.24, 2.45) is 11.7 Å². The maximum absolute atomic E-state index is 12.4. The SMILES string of the molecule is Cc1c(Br)cccc1C(=O)N1CCC(CN)CC1. The van der Waals surface area contributed by atoms with Crippen LogP contribution in [0.3, 0.4) is 0 Å². The fourth-order valence-electron chi connectivity index (χ4n) is 2.38. The van der Waals surface area contributed by atoms with E-state index in [0.717, 1.165) is 48.1 Å². The van der Waals surface area contributed by atoms with E-state index >= 15 is 0 Å². The minimum atomic E-state index is 0.143. The fourth-order valence-corrected chi connectivity index (χ4v) is 2.75. The van der Waals surface area contributed by atoms with Gasteiger partial charge >= 0.3 is 0 Å². The molecular formula is C14H19BrN2O. The molecule has 0 saturated carbocycles. The number of carbonyl (C=O) groups is 1. The Morgan fingerprint density at radius 1 is 1.44 bits per heavy atom. The van der Waals surface area contributed by atoms with Gasteiger partial charge in [0.2, 0.25) is 0 Å². The van der Waals surface area contributed by atoms with Crippen molar-refractivity contribution >= 4 is 21.8 Å². The van der Waals surface area contributed by atoms with E-state index < -0.39 is 0 Å². The van der Waals surface area contributed by atoms with Gasteiger partial charge in [-0.3, -0.25) is 4.79 Å². The Bertz CT molecular complexity index is 439. The quantitative estimate of drug-likeness (QED) is 0.912. The number of halogens is 1. The first-order chi connectivity index (χ1) is 8.63. The van der Waals surface area contributed by atoms with Gasteiger partial charge in [0.05, 0.1) is 0 Å². The standard InChI is InChI=1S/C14H19BrN2O/c1-10-12(3-2-4-13(10)15)14(18)17-7-5-11(9-16)6-8-17/h2-4,11H,5-9,16H2,1H3. The zero-order valence-electron chi connectivity index (χ0n) is 10.7. The van der Waals surface area contributed by atoms with Gasteiger partial charge in [-0.2, -0.15) is 0 Å². The molecule has 4 heteroatoms. The zero-order chi connectivity index (χ0) is 13.1. The molecule has 1 heterocycles. The summed E-state index contributed by atoms with van der Waals surface area (Å²) >= 11 is 3.47. The average molecular weight is 311 g/mol. The first kappa shape index (κ1) is 13.6. The first-order valence-electron chi connectivity index (χ1n) is 6.38. The molecule has 1 amide bonds. The van der Waals surface area contributed by atoms with Crippen LogP contribution in [0, 0.1) is 12.8 Å². The van der Waals surface area contributed by atoms with Gasteiger partial charge in [0.25, 0.3) is 5.91 Å². The lowest BCUT2D eigenvalue weighted by atomic mass is 9.96. The van der Waals surface area contributed by atoms with Gasteiger partial charge in [0.15, 0.2) is 0 Å². The van der Waals surface area contributed by atoms with E-state index in [0.29, 0.717) is 5.92 Å². The van der Waals surface area contributed by atoms with Crippen LogP contribution < -0.4 is 5.73 Å². The molecule has 2 N–H and O–H groups in total. The predicted molar refractivity (Wildman–Crippen MR) is 76.6 cm³/mol. The summed E-state index contributed by atoms with van der Waals surface area (Å²) in [7, 11) is 0. The normalized spacial score (nSPS) is 16.9. The average Bonchev–Trinajstić information content (AvgIpc) is 2.41. The molecule has 0 radical (unpaired) electrons. The third-order valence-electron chi connectivity index (χ3n) is 3.73. The van der Waals surface area contributed by atoms with Gasteiger partial charge in [-0.25, -0.2) is 0 Å². The van der Waals surface area contributed by atoms with Crippen molar-refractivity contribution in [1.29, 1.82) is 0 Å². The third kappa shape index (κ3) is 2.75. The van der Waals surface area contributed by atoms with Crippen molar-refractivity contribution in [2.45, 2.75) is 19.8 Å². The summed E-state index contributed by atoms with van der Waals surface area (Å²) in [6.45, 7) is 4.36. The summed E-state index contributed by atoms with van der Waals surface area (Å²) in [6.07, 6.45) is 2.05. The van der Waals surface area contributed by atoms with Crippen molar-refractivity contribution < 1.29 is 4.79 Å². The third-order valence-corrected chi connectivity index (χ3v) is 4.59. The van der Waals surface area contributed by atoms with Gasteiger partial charge in [-0.15, -0.1) is 0 Å². The second kappa shape index (κ2) is 5.85. The Hall–Kier alpha value is -0.870. The summed E-state index contributed by atoms with van der Waals surface area (Å²) in [5, 5.41) is 0. The van der Waals surface area contributed by atoms with Crippen LogP contribution in [0.1, 0.15) is 28.8 Å². The number of benzene rings is 1. The van der Waals surface area contributed by atoms with E-state index in [1.165, 1.54) is 0 Å². The van der Waals surface area contributed by atoms with Crippen LogP contribution in [0.2, 0.25) is 0 Å². The van der Waals surface area contributed by atoms with Crippen LogP contribution in [-0.4, -0.2) is 30.4 Å². The number of rotatable bonds is 2. The fraction of sp³-hybridized carbons (Fsp3) is 0.500. The van der Waals surface area contributed by atoms with Crippen LogP contribution in [0.15, 0.2) is 22.7 Å². The van der Waals surface area contributed by atoms with Crippen molar-refractivity contribution in [3.05, 3.63) is 33.8 Å². The maximum atomic E-state index is 12.4. The summed E-state index contributed by atoms with van der Waals surface area (Å²) < 4.78 is 0.991. The molecule has 1 fully saturated rings. The monoisotopic (exact) mass is 310 g/mol. The van der Waals surface area contributed by atoms with Gasteiger partial charge in [0.1, 0.15) is 0 Å². The van der Waals surface area contributed by atoms with Gasteiger partial charge in [-0.1, -0.05) is 22.0 Å². The molecule has 18 heavy (non-hydrogen) atoms. The van der Waals surface area contributed by atoms with E-state index in [2.05, 4.69) is 15.9 Å². The summed E-state index contributed by atoms with van der Waals surface area (Å²) in [4.78, 5) is 14.4. The van der Waals surface area contributed by atoms with Crippen molar-refractivity contribution in [3.63, 3.8) is 0 Å². The Labute approximate surface area is 116 Å². The Morgan fingerprint density at radius 2 is 2.11 bits per heavy atom. The molecule has 98 valence electrons. The van der Waals surface area contributed by atoms with E-state index in [4.69, 9.17) is 5.73 Å². The lowest BCUT2D eigenvalue weighted by Gasteiger charge is -2.31. The number of nitrogens with zero attached hydrogens (tertiary/aromatic N) is 1. The molecule has 0 bridgehead atoms. The number of hydrogen-bond acceptors (Lipinski definition) is 2. The molecule has 1 aromatic carbocycles. The molecule has 1 aliphatic heterocycles. The smallest absolute Gasteiger partial charge is 0.254 e. The minimum absolute atomic E-state index is 0.143. The molecule has 0 unspecified atom stereocenters. The Kier molecular flexibility index (Phi) is 4.40. The predicted octanol–water partition coefficient (Wildman–Crippen LogP) is 2.57. The minimum Gasteiger partial charge on any atom is -0.339 e. The largest absolute Gasteiger partial charge is 0.339 e. The van der Waals surface area contributed by atoms with Gasteiger partial charge in [-0.05, 0) is 49.9 Å². The number of likely N-dealkylation sites (tertiary alicyclic amines) is 1. The summed E-state index contributed by atoms with van der Waals surface area (Å²) in [5.74, 6) is 0.724. The molecule has 0 spiro atoms. The van der Waals surface area contributed by atoms with Crippen LogP contribution in [-0.2, 0) is 0 Å². The highest BCUT2D eigenvalue weighted by Crippen LogP contribution is 2.23. The molecule has 0 atom stereocenters. The highest BCUT2D eigenvalue weighted by atomic mass is 79.9. The molecule has 1 aromatic rings. The van der Waals surface area contributed by atoms with E-state index in [9.17, 15) is 4.79 Å². The van der Waals surface area contributed by atoms with Crippen molar-refractivity contribution in [1.82, 2.24) is 4.90 Å². The van der Waals surface area contributed by atoms with Crippen LogP contribution >= 0.6 is 15.9 Å². The molecule has 1 aliphatic rings. The van der Waals surface area contributed by atoms with Gasteiger partial charge < -0.3 is 10.6 Å². The lowest BCUT2D eigenvalue weighted by molar-refractivity contribution is 0.0692. The zero-order valence-corrected chi connectivity index (χ0v) is 12.2. The van der Waals surface area contributed by atoms with E-state index in [1.54, 1.807) is 0 Å².